The van der Waals surface area contributed by atoms with Crippen LogP contribution >= 0.6 is 0 Å². The van der Waals surface area contributed by atoms with Crippen molar-refractivity contribution in [3.63, 3.8) is 0 Å². The molecule has 8 heteroatoms. The number of rotatable bonds is 8. The Bertz CT molecular complexity index is 1280. The number of imidazole rings is 1. The van der Waals surface area contributed by atoms with Crippen LogP contribution in [0.1, 0.15) is 50.2 Å². The Kier molecular flexibility index (Phi) is 6.46. The summed E-state index contributed by atoms with van der Waals surface area (Å²) in [5.41, 5.74) is 1.86. The number of aromatic nitrogens is 5. The van der Waals surface area contributed by atoms with Crippen LogP contribution in [-0.2, 0) is 11.2 Å². The third-order valence-electron chi connectivity index (χ3n) is 6.35. The Balaban J connectivity index is 1.21. The van der Waals surface area contributed by atoms with Gasteiger partial charge in [-0.1, -0.05) is 25.1 Å². The number of aryl methyl sites for hydroxylation is 1. The first kappa shape index (κ1) is 22.0. The van der Waals surface area contributed by atoms with E-state index >= 15 is 0 Å². The maximum absolute atomic E-state index is 13.1. The van der Waals surface area contributed by atoms with Gasteiger partial charge in [-0.2, -0.15) is 0 Å². The lowest BCUT2D eigenvalue weighted by atomic mass is 10.1. The summed E-state index contributed by atoms with van der Waals surface area (Å²) in [6.45, 7) is 3.55. The molecule has 8 nitrogen and oxygen atoms in total. The quantitative estimate of drug-likeness (QED) is 0.398. The van der Waals surface area contributed by atoms with Gasteiger partial charge >= 0.3 is 0 Å². The Morgan fingerprint density at radius 1 is 1.12 bits per heavy atom. The van der Waals surface area contributed by atoms with Crippen molar-refractivity contribution >= 4 is 22.6 Å². The van der Waals surface area contributed by atoms with Crippen LogP contribution in [0.3, 0.4) is 0 Å². The van der Waals surface area contributed by atoms with E-state index in [1.165, 1.54) is 0 Å². The summed E-state index contributed by atoms with van der Waals surface area (Å²) in [7, 11) is 0. The van der Waals surface area contributed by atoms with E-state index in [2.05, 4.69) is 27.2 Å². The van der Waals surface area contributed by atoms with E-state index in [-0.39, 0.29) is 11.9 Å². The molecule has 1 fully saturated rings. The maximum Gasteiger partial charge on any atom is 0.223 e. The zero-order chi connectivity index (χ0) is 23.3. The van der Waals surface area contributed by atoms with Crippen LogP contribution in [0.15, 0.2) is 61.2 Å². The third-order valence-corrected chi connectivity index (χ3v) is 6.35. The highest BCUT2D eigenvalue weighted by molar-refractivity contribution is 5.88. The Hall–Kier alpha value is -3.81. The number of pyridine rings is 1. The van der Waals surface area contributed by atoms with Gasteiger partial charge in [0.1, 0.15) is 23.8 Å². The van der Waals surface area contributed by atoms with Crippen LogP contribution in [0.4, 0.5) is 5.82 Å². The van der Waals surface area contributed by atoms with Crippen molar-refractivity contribution in [3.8, 4) is 5.82 Å². The standard InChI is InChI=1S/C26H29N7O/c1-2-23-27-15-17-33(23)24-12-5-10-21(31-24)22-11-7-16-32(22)25(34)13-6-14-28-26-19-8-3-4-9-20(19)29-18-30-26/h3-5,8-10,12,15,17-18,22H,2,6-7,11,13-14,16H2,1H3,(H,28,29,30)/t22-/m0/s1. The van der Waals surface area contributed by atoms with E-state index in [9.17, 15) is 4.79 Å². The van der Waals surface area contributed by atoms with E-state index in [1.54, 1.807) is 12.5 Å². The molecule has 5 rings (SSSR count). The van der Waals surface area contributed by atoms with Crippen molar-refractivity contribution in [2.75, 3.05) is 18.4 Å². The second-order valence-electron chi connectivity index (χ2n) is 8.50. The fraction of sp³-hybridized carbons (Fsp3) is 0.346. The van der Waals surface area contributed by atoms with Gasteiger partial charge in [-0.25, -0.2) is 19.9 Å². The Morgan fingerprint density at radius 3 is 2.94 bits per heavy atom. The Labute approximate surface area is 199 Å². The molecule has 4 aromatic rings. The first-order valence-corrected chi connectivity index (χ1v) is 12.0. The summed E-state index contributed by atoms with van der Waals surface area (Å²) < 4.78 is 2.02. The van der Waals surface area contributed by atoms with Crippen molar-refractivity contribution in [2.24, 2.45) is 0 Å². The molecule has 0 bridgehead atoms. The number of likely N-dealkylation sites (tertiary alicyclic amines) is 1. The van der Waals surface area contributed by atoms with Gasteiger partial charge in [-0.05, 0) is 43.5 Å². The predicted molar refractivity (Wildman–Crippen MR) is 132 cm³/mol. The molecule has 1 atom stereocenters. The van der Waals surface area contributed by atoms with Crippen LogP contribution in [0.2, 0.25) is 0 Å². The van der Waals surface area contributed by atoms with Crippen LogP contribution in [0.25, 0.3) is 16.7 Å². The van der Waals surface area contributed by atoms with Crippen molar-refractivity contribution in [2.45, 2.75) is 45.1 Å². The number of nitrogens with zero attached hydrogens (tertiary/aromatic N) is 6. The molecule has 0 saturated carbocycles. The number of fused-ring (bicyclic) bond motifs is 1. The molecule has 1 N–H and O–H groups in total. The van der Waals surface area contributed by atoms with E-state index in [0.717, 1.165) is 66.3 Å². The van der Waals surface area contributed by atoms with Crippen LogP contribution < -0.4 is 5.32 Å². The number of carbonyl (C=O) groups excluding carboxylic acids is 1. The molecule has 1 aliphatic rings. The van der Waals surface area contributed by atoms with E-state index in [0.29, 0.717) is 13.0 Å². The van der Waals surface area contributed by atoms with Gasteiger partial charge in [0, 0.05) is 43.7 Å². The number of hydrogen-bond acceptors (Lipinski definition) is 6. The molecule has 174 valence electrons. The lowest BCUT2D eigenvalue weighted by Crippen LogP contribution is -2.31. The molecule has 3 aromatic heterocycles. The number of carbonyl (C=O) groups is 1. The maximum atomic E-state index is 13.1. The van der Waals surface area contributed by atoms with Crippen molar-refractivity contribution in [1.82, 2.24) is 29.4 Å². The number of benzene rings is 1. The highest BCUT2D eigenvalue weighted by Gasteiger charge is 2.30. The van der Waals surface area contributed by atoms with Gasteiger partial charge in [0.2, 0.25) is 5.91 Å². The Morgan fingerprint density at radius 2 is 2.03 bits per heavy atom. The fourth-order valence-electron chi connectivity index (χ4n) is 4.67. The second kappa shape index (κ2) is 9.99. The normalized spacial score (nSPS) is 15.7. The molecule has 1 aromatic carbocycles. The number of para-hydroxylation sites is 1. The molecule has 0 unspecified atom stereocenters. The number of anilines is 1. The third kappa shape index (κ3) is 4.48. The smallest absolute Gasteiger partial charge is 0.223 e. The SMILES string of the molecule is CCc1nccn1-c1cccc([C@@H]2CCCN2C(=O)CCCNc2ncnc3ccccc23)n1. The molecule has 34 heavy (non-hydrogen) atoms. The molecule has 1 aliphatic heterocycles. The van der Waals surface area contributed by atoms with Gasteiger partial charge in [0.25, 0.3) is 0 Å². The lowest BCUT2D eigenvalue weighted by Gasteiger charge is -2.25. The lowest BCUT2D eigenvalue weighted by molar-refractivity contribution is -0.132. The monoisotopic (exact) mass is 455 g/mol. The van der Waals surface area contributed by atoms with Gasteiger partial charge in [-0.3, -0.25) is 9.36 Å². The molecule has 1 amide bonds. The zero-order valence-electron chi connectivity index (χ0n) is 19.4. The second-order valence-corrected chi connectivity index (χ2v) is 8.50. The minimum Gasteiger partial charge on any atom is -0.369 e. The fourth-order valence-corrected chi connectivity index (χ4v) is 4.67. The highest BCUT2D eigenvalue weighted by Crippen LogP contribution is 2.32. The molecule has 0 aliphatic carbocycles. The average molecular weight is 456 g/mol. The highest BCUT2D eigenvalue weighted by atomic mass is 16.2. The molecule has 0 radical (unpaired) electrons. The number of nitrogens with one attached hydrogen (secondary N) is 1. The summed E-state index contributed by atoms with van der Waals surface area (Å²) in [5, 5.41) is 4.36. The first-order chi connectivity index (χ1) is 16.7. The molecular weight excluding hydrogens is 426 g/mol. The molecule has 0 spiro atoms. The summed E-state index contributed by atoms with van der Waals surface area (Å²) in [6, 6.07) is 14.0. The van der Waals surface area contributed by atoms with Crippen molar-refractivity contribution in [1.29, 1.82) is 0 Å². The molecule has 1 saturated heterocycles. The van der Waals surface area contributed by atoms with Crippen molar-refractivity contribution in [3.05, 3.63) is 72.7 Å². The minimum atomic E-state index is 0.0276. The molecule has 4 heterocycles. The van der Waals surface area contributed by atoms with Crippen LogP contribution in [-0.4, -0.2) is 48.4 Å². The molecular formula is C26H29N7O. The predicted octanol–water partition coefficient (Wildman–Crippen LogP) is 4.33. The number of amides is 1. The summed E-state index contributed by atoms with van der Waals surface area (Å²) in [6.07, 6.45) is 9.32. The van der Waals surface area contributed by atoms with Gasteiger partial charge < -0.3 is 10.2 Å². The first-order valence-electron chi connectivity index (χ1n) is 12.0. The van der Waals surface area contributed by atoms with Crippen molar-refractivity contribution < 1.29 is 4.79 Å². The van der Waals surface area contributed by atoms with Crippen LogP contribution in [0, 0.1) is 0 Å². The topological polar surface area (TPSA) is 88.8 Å². The van der Waals surface area contributed by atoms with E-state index in [4.69, 9.17) is 4.98 Å². The van der Waals surface area contributed by atoms with E-state index in [1.807, 2.05) is 58.1 Å². The van der Waals surface area contributed by atoms with Gasteiger partial charge in [0.05, 0.1) is 17.3 Å². The summed E-state index contributed by atoms with van der Waals surface area (Å²) >= 11 is 0. The summed E-state index contributed by atoms with van der Waals surface area (Å²) in [5.74, 6) is 2.82. The number of hydrogen-bond donors (Lipinski definition) is 1. The van der Waals surface area contributed by atoms with Gasteiger partial charge in [0.15, 0.2) is 0 Å². The van der Waals surface area contributed by atoms with E-state index < -0.39 is 0 Å². The zero-order valence-corrected chi connectivity index (χ0v) is 19.4. The largest absolute Gasteiger partial charge is 0.369 e. The van der Waals surface area contributed by atoms with Gasteiger partial charge in [-0.15, -0.1) is 0 Å². The minimum absolute atomic E-state index is 0.0276. The van der Waals surface area contributed by atoms with Crippen LogP contribution in [0.5, 0.6) is 0 Å². The summed E-state index contributed by atoms with van der Waals surface area (Å²) in [4.78, 5) is 33.1. The average Bonchev–Trinajstić information content (AvgIpc) is 3.56.